The molecule has 0 saturated heterocycles. The topological polar surface area (TPSA) is 12.4 Å². The Hall–Kier alpha value is -1.11. The number of nitrogens with zero attached hydrogens (tertiary/aromatic N) is 1. The van der Waals surface area contributed by atoms with Gasteiger partial charge in [-0.1, -0.05) is 44.0 Å². The van der Waals surface area contributed by atoms with Crippen molar-refractivity contribution in [2.75, 3.05) is 0 Å². The molecule has 0 spiro atoms. The fraction of sp³-hybridized carbons (Fsp3) is 0.533. The predicted molar refractivity (Wildman–Crippen MR) is 68.2 cm³/mol. The molecule has 1 fully saturated rings. The highest BCUT2D eigenvalue weighted by Crippen LogP contribution is 2.39. The number of hydrogen-bond acceptors (Lipinski definition) is 1. The molecule has 1 heterocycles. The predicted octanol–water partition coefficient (Wildman–Crippen LogP) is 3.78. The Morgan fingerprint density at radius 1 is 1.12 bits per heavy atom. The summed E-state index contributed by atoms with van der Waals surface area (Å²) in [6, 6.07) is 9.34. The average molecular weight is 213 g/mol. The third-order valence-corrected chi connectivity index (χ3v) is 4.32. The first-order valence-corrected chi connectivity index (χ1v) is 6.48. The number of hydrogen-bond donors (Lipinski definition) is 0. The summed E-state index contributed by atoms with van der Waals surface area (Å²) in [5.41, 5.74) is 2.84. The van der Waals surface area contributed by atoms with Crippen molar-refractivity contribution in [3.8, 4) is 0 Å². The van der Waals surface area contributed by atoms with Gasteiger partial charge in [0.1, 0.15) is 0 Å². The fourth-order valence-corrected chi connectivity index (χ4v) is 3.36. The van der Waals surface area contributed by atoms with E-state index in [1.54, 1.807) is 0 Å². The summed E-state index contributed by atoms with van der Waals surface area (Å²) < 4.78 is 0. The van der Waals surface area contributed by atoms with Gasteiger partial charge in [-0.25, -0.2) is 0 Å². The van der Waals surface area contributed by atoms with Gasteiger partial charge in [-0.3, -0.25) is 4.99 Å². The third-order valence-electron chi connectivity index (χ3n) is 4.32. The van der Waals surface area contributed by atoms with Crippen LogP contribution < -0.4 is 0 Å². The highest BCUT2D eigenvalue weighted by molar-refractivity contribution is 5.82. The summed E-state index contributed by atoms with van der Waals surface area (Å²) in [4.78, 5) is 4.81. The Morgan fingerprint density at radius 3 is 2.88 bits per heavy atom. The van der Waals surface area contributed by atoms with Gasteiger partial charge in [0, 0.05) is 6.21 Å². The molecule has 1 aliphatic heterocycles. The van der Waals surface area contributed by atoms with E-state index in [0.717, 1.165) is 5.92 Å². The minimum absolute atomic E-state index is 0.580. The van der Waals surface area contributed by atoms with Crippen molar-refractivity contribution in [3.05, 3.63) is 35.4 Å². The normalized spacial score (nSPS) is 32.7. The van der Waals surface area contributed by atoms with Crippen LogP contribution in [-0.4, -0.2) is 12.3 Å². The molecule has 1 aliphatic carbocycles. The zero-order chi connectivity index (χ0) is 11.0. The summed E-state index contributed by atoms with van der Waals surface area (Å²) in [5.74, 6) is 1.44. The molecule has 1 saturated carbocycles. The van der Waals surface area contributed by atoms with Crippen molar-refractivity contribution in [2.45, 2.75) is 44.6 Å². The van der Waals surface area contributed by atoms with Crippen molar-refractivity contribution in [3.63, 3.8) is 0 Å². The van der Waals surface area contributed by atoms with Crippen molar-refractivity contribution >= 4 is 6.21 Å². The highest BCUT2D eigenvalue weighted by Gasteiger charge is 2.32. The van der Waals surface area contributed by atoms with Crippen molar-refractivity contribution in [1.29, 1.82) is 0 Å². The van der Waals surface area contributed by atoms with Crippen LogP contribution in [0.25, 0.3) is 0 Å². The molecule has 1 aromatic carbocycles. The van der Waals surface area contributed by atoms with Crippen LogP contribution in [0, 0.1) is 5.92 Å². The molecule has 16 heavy (non-hydrogen) atoms. The van der Waals surface area contributed by atoms with Gasteiger partial charge in [-0.2, -0.15) is 0 Å². The van der Waals surface area contributed by atoms with E-state index in [1.165, 1.54) is 36.8 Å². The third kappa shape index (κ3) is 1.59. The van der Waals surface area contributed by atoms with Gasteiger partial charge in [-0.15, -0.1) is 0 Å². The molecule has 0 bridgehead atoms. The van der Waals surface area contributed by atoms with E-state index in [2.05, 4.69) is 37.4 Å². The molecule has 1 nitrogen and oxygen atoms in total. The first kappa shape index (κ1) is 10.1. The van der Waals surface area contributed by atoms with Crippen molar-refractivity contribution in [1.82, 2.24) is 0 Å². The Morgan fingerprint density at radius 2 is 1.94 bits per heavy atom. The van der Waals surface area contributed by atoms with Gasteiger partial charge in [0.25, 0.3) is 0 Å². The zero-order valence-electron chi connectivity index (χ0n) is 9.89. The van der Waals surface area contributed by atoms with E-state index >= 15 is 0 Å². The first-order chi connectivity index (χ1) is 7.86. The van der Waals surface area contributed by atoms with Crippen LogP contribution >= 0.6 is 0 Å². The summed E-state index contributed by atoms with van der Waals surface area (Å²) in [7, 11) is 0. The maximum atomic E-state index is 4.81. The molecule has 3 unspecified atom stereocenters. The minimum Gasteiger partial charge on any atom is -0.289 e. The molecule has 84 valence electrons. The molecule has 1 heteroatoms. The second-order valence-corrected chi connectivity index (χ2v) is 5.21. The molecule has 3 rings (SSSR count). The van der Waals surface area contributed by atoms with E-state index in [4.69, 9.17) is 4.99 Å². The Kier molecular flexibility index (Phi) is 2.55. The minimum atomic E-state index is 0.580. The Labute approximate surface area is 97.6 Å². The van der Waals surface area contributed by atoms with Crippen LogP contribution in [-0.2, 0) is 0 Å². The molecule has 2 aliphatic rings. The van der Waals surface area contributed by atoms with Gasteiger partial charge in [0.15, 0.2) is 0 Å². The number of fused-ring (bicyclic) bond motifs is 2. The smallest absolute Gasteiger partial charge is 0.0533 e. The summed E-state index contributed by atoms with van der Waals surface area (Å²) in [5, 5.41) is 0. The maximum absolute atomic E-state index is 4.81. The SMILES string of the molecule is CC1c2ccccc2C=NC2CCCCC21. The number of benzene rings is 1. The summed E-state index contributed by atoms with van der Waals surface area (Å²) >= 11 is 0. The zero-order valence-corrected chi connectivity index (χ0v) is 9.89. The van der Waals surface area contributed by atoms with E-state index in [9.17, 15) is 0 Å². The molecule has 0 amide bonds. The van der Waals surface area contributed by atoms with Gasteiger partial charge in [0.05, 0.1) is 6.04 Å². The summed E-state index contributed by atoms with van der Waals surface area (Å²) in [6.45, 7) is 2.39. The standard InChI is InChI=1S/C15H19N/c1-11-13-7-3-2-6-12(13)10-16-15-9-5-4-8-14(11)15/h2-3,6-7,10-11,14-15H,4-5,8-9H2,1H3. The van der Waals surface area contributed by atoms with Gasteiger partial charge < -0.3 is 0 Å². The fourth-order valence-electron chi connectivity index (χ4n) is 3.36. The molecule has 0 radical (unpaired) electrons. The van der Waals surface area contributed by atoms with Crippen molar-refractivity contribution < 1.29 is 0 Å². The van der Waals surface area contributed by atoms with E-state index in [1.807, 2.05) is 0 Å². The maximum Gasteiger partial charge on any atom is 0.0533 e. The Bertz CT molecular complexity index is 408. The average Bonchev–Trinajstić information content (AvgIpc) is 2.49. The lowest BCUT2D eigenvalue weighted by molar-refractivity contribution is 0.276. The largest absolute Gasteiger partial charge is 0.289 e. The molecule has 0 N–H and O–H groups in total. The second kappa shape index (κ2) is 4.04. The first-order valence-electron chi connectivity index (χ1n) is 6.48. The van der Waals surface area contributed by atoms with Crippen LogP contribution in [0.4, 0.5) is 0 Å². The van der Waals surface area contributed by atoms with E-state index in [0.29, 0.717) is 12.0 Å². The van der Waals surface area contributed by atoms with Crippen LogP contribution in [0.15, 0.2) is 29.3 Å². The van der Waals surface area contributed by atoms with Crippen LogP contribution in [0.3, 0.4) is 0 Å². The lowest BCUT2D eigenvalue weighted by atomic mass is 9.75. The van der Waals surface area contributed by atoms with Crippen LogP contribution in [0.2, 0.25) is 0 Å². The van der Waals surface area contributed by atoms with Gasteiger partial charge >= 0.3 is 0 Å². The molecular formula is C15H19N. The molecular weight excluding hydrogens is 194 g/mol. The summed E-state index contributed by atoms with van der Waals surface area (Å²) in [6.07, 6.45) is 7.52. The molecule has 1 aromatic rings. The number of aliphatic imine (C=N–C) groups is 1. The highest BCUT2D eigenvalue weighted by atomic mass is 14.8. The van der Waals surface area contributed by atoms with Crippen LogP contribution in [0.5, 0.6) is 0 Å². The lowest BCUT2D eigenvalue weighted by Gasteiger charge is -2.32. The molecule has 3 atom stereocenters. The van der Waals surface area contributed by atoms with E-state index < -0.39 is 0 Å². The Balaban J connectivity index is 2.03. The lowest BCUT2D eigenvalue weighted by Crippen LogP contribution is -2.26. The van der Waals surface area contributed by atoms with Crippen molar-refractivity contribution in [2.24, 2.45) is 10.9 Å². The quantitative estimate of drug-likeness (QED) is 0.622. The molecule has 0 aromatic heterocycles. The monoisotopic (exact) mass is 213 g/mol. The second-order valence-electron chi connectivity index (χ2n) is 5.21. The van der Waals surface area contributed by atoms with E-state index in [-0.39, 0.29) is 0 Å². The van der Waals surface area contributed by atoms with Gasteiger partial charge in [0.2, 0.25) is 0 Å². The number of rotatable bonds is 0. The van der Waals surface area contributed by atoms with Gasteiger partial charge in [-0.05, 0) is 35.8 Å². The van der Waals surface area contributed by atoms with Crippen LogP contribution in [0.1, 0.15) is 49.7 Å².